The quantitative estimate of drug-likeness (QED) is 0.598. The zero-order valence-corrected chi connectivity index (χ0v) is 18.2. The van der Waals surface area contributed by atoms with E-state index in [9.17, 15) is 4.79 Å². The van der Waals surface area contributed by atoms with E-state index in [0.29, 0.717) is 30.0 Å². The van der Waals surface area contributed by atoms with E-state index >= 15 is 0 Å². The van der Waals surface area contributed by atoms with Gasteiger partial charge in [-0.25, -0.2) is 4.68 Å². The maximum Gasteiger partial charge on any atom is 0.290 e. The van der Waals surface area contributed by atoms with Gasteiger partial charge in [-0.05, 0) is 31.4 Å². The molecule has 0 saturated heterocycles. The third-order valence-corrected chi connectivity index (χ3v) is 5.68. The minimum absolute atomic E-state index is 0.183. The highest BCUT2D eigenvalue weighted by Crippen LogP contribution is 2.46. The minimum atomic E-state index is -0.183. The van der Waals surface area contributed by atoms with Gasteiger partial charge in [0, 0.05) is 57.0 Å². The molecule has 3 aromatic heterocycles. The summed E-state index contributed by atoms with van der Waals surface area (Å²) in [5.74, 6) is 2.14. The largest absolute Gasteiger partial charge is 0.476 e. The first kappa shape index (κ1) is 20.1. The van der Waals surface area contributed by atoms with Gasteiger partial charge in [0.1, 0.15) is 11.5 Å². The van der Waals surface area contributed by atoms with Crippen LogP contribution < -0.4 is 15.2 Å². The maximum absolute atomic E-state index is 12.7. The first-order valence-corrected chi connectivity index (χ1v) is 10.3. The van der Waals surface area contributed by atoms with E-state index in [0.717, 1.165) is 35.6 Å². The van der Waals surface area contributed by atoms with Crippen LogP contribution in [0, 0.1) is 12.8 Å². The van der Waals surface area contributed by atoms with Crippen molar-refractivity contribution in [2.24, 2.45) is 20.0 Å². The molecule has 1 aliphatic rings. The summed E-state index contributed by atoms with van der Waals surface area (Å²) in [6.07, 6.45) is 3.80. The number of aromatic nitrogens is 5. The van der Waals surface area contributed by atoms with E-state index in [-0.39, 0.29) is 5.56 Å². The minimum Gasteiger partial charge on any atom is -0.476 e. The van der Waals surface area contributed by atoms with Crippen LogP contribution in [-0.4, -0.2) is 38.2 Å². The second-order valence-electron chi connectivity index (χ2n) is 8.00. The van der Waals surface area contributed by atoms with Gasteiger partial charge in [-0.2, -0.15) is 5.10 Å². The molecule has 158 valence electrons. The molecule has 30 heavy (non-hydrogen) atoms. The Morgan fingerprint density at radius 3 is 2.67 bits per heavy atom. The van der Waals surface area contributed by atoms with Gasteiger partial charge in [0.2, 0.25) is 5.88 Å². The molecule has 3 heterocycles. The summed E-state index contributed by atoms with van der Waals surface area (Å²) >= 11 is 0. The van der Waals surface area contributed by atoms with Crippen LogP contribution >= 0.6 is 0 Å². The number of nitrogens with zero attached hydrogens (tertiary/aromatic N) is 6. The molecule has 1 aliphatic carbocycles. The van der Waals surface area contributed by atoms with Crippen LogP contribution in [0.4, 0.5) is 11.5 Å². The Kier molecular flexibility index (Phi) is 5.32. The summed E-state index contributed by atoms with van der Waals surface area (Å²) in [4.78, 5) is 19.1. The van der Waals surface area contributed by atoms with Crippen molar-refractivity contribution in [3.05, 3.63) is 57.8 Å². The molecular formula is C22H28N6O2. The number of anilines is 2. The third kappa shape index (κ3) is 3.94. The van der Waals surface area contributed by atoms with Gasteiger partial charge in [-0.3, -0.25) is 14.5 Å². The van der Waals surface area contributed by atoms with Crippen molar-refractivity contribution in [3.8, 4) is 5.88 Å². The van der Waals surface area contributed by atoms with E-state index in [1.54, 1.807) is 17.8 Å². The number of ether oxygens (including phenoxy) is 1. The smallest absolute Gasteiger partial charge is 0.290 e. The normalized spacial score (nSPS) is 17.8. The Balaban J connectivity index is 1.49. The van der Waals surface area contributed by atoms with Crippen LogP contribution in [0.1, 0.15) is 36.2 Å². The first-order valence-electron chi connectivity index (χ1n) is 10.3. The number of aryl methyl sites for hydroxylation is 4. The Bertz CT molecular complexity index is 1100. The highest BCUT2D eigenvalue weighted by atomic mass is 16.5. The van der Waals surface area contributed by atoms with Crippen molar-refractivity contribution < 1.29 is 4.74 Å². The average Bonchev–Trinajstić information content (AvgIpc) is 3.41. The van der Waals surface area contributed by atoms with Gasteiger partial charge in [0.05, 0.1) is 12.3 Å². The fourth-order valence-corrected chi connectivity index (χ4v) is 3.69. The lowest BCUT2D eigenvalue weighted by Crippen LogP contribution is -2.28. The van der Waals surface area contributed by atoms with Crippen LogP contribution in [0.2, 0.25) is 0 Å². The monoisotopic (exact) mass is 408 g/mol. The van der Waals surface area contributed by atoms with Gasteiger partial charge in [0.25, 0.3) is 5.56 Å². The van der Waals surface area contributed by atoms with E-state index in [1.165, 1.54) is 4.68 Å². The summed E-state index contributed by atoms with van der Waals surface area (Å²) < 4.78 is 9.08. The average molecular weight is 409 g/mol. The topological polar surface area (TPSA) is 78.1 Å². The molecule has 8 heteroatoms. The molecule has 4 rings (SSSR count). The summed E-state index contributed by atoms with van der Waals surface area (Å²) in [6.45, 7) is 4.65. The lowest BCUT2D eigenvalue weighted by Gasteiger charge is -2.19. The van der Waals surface area contributed by atoms with E-state index < -0.39 is 0 Å². The second kappa shape index (κ2) is 7.93. The molecule has 1 fully saturated rings. The zero-order valence-electron chi connectivity index (χ0n) is 18.2. The Labute approximate surface area is 176 Å². The van der Waals surface area contributed by atoms with Gasteiger partial charge < -0.3 is 9.64 Å². The molecule has 0 aliphatic heterocycles. The molecule has 0 N–H and O–H groups in total. The van der Waals surface area contributed by atoms with Crippen LogP contribution in [0.15, 0.2) is 35.3 Å². The number of hydrogen-bond donors (Lipinski definition) is 0. The molecule has 0 unspecified atom stereocenters. The maximum atomic E-state index is 12.7. The van der Waals surface area contributed by atoms with E-state index in [2.05, 4.69) is 34.2 Å². The van der Waals surface area contributed by atoms with Crippen molar-refractivity contribution in [2.45, 2.75) is 32.6 Å². The molecular weight excluding hydrogens is 380 g/mol. The number of rotatable bonds is 7. The van der Waals surface area contributed by atoms with Crippen molar-refractivity contribution in [3.63, 3.8) is 0 Å². The first-order chi connectivity index (χ1) is 14.4. The molecule has 0 bridgehead atoms. The highest BCUT2D eigenvalue weighted by Gasteiger charge is 2.40. The lowest BCUT2D eigenvalue weighted by molar-refractivity contribution is 0.278. The van der Waals surface area contributed by atoms with E-state index in [4.69, 9.17) is 4.74 Å². The Hall–Kier alpha value is -3.16. The fourth-order valence-electron chi connectivity index (χ4n) is 3.69. The van der Waals surface area contributed by atoms with Crippen molar-refractivity contribution in [2.75, 3.05) is 18.6 Å². The summed E-state index contributed by atoms with van der Waals surface area (Å²) in [7, 11) is 5.38. The highest BCUT2D eigenvalue weighted by molar-refractivity contribution is 5.59. The summed E-state index contributed by atoms with van der Waals surface area (Å²) in [5.41, 5.74) is 3.58. The second-order valence-corrected chi connectivity index (χ2v) is 8.00. The van der Waals surface area contributed by atoms with Crippen LogP contribution in [0.3, 0.4) is 0 Å². The van der Waals surface area contributed by atoms with Crippen molar-refractivity contribution in [1.29, 1.82) is 0 Å². The molecule has 8 nitrogen and oxygen atoms in total. The fraction of sp³-hybridized carbons (Fsp3) is 0.455. The summed E-state index contributed by atoms with van der Waals surface area (Å²) in [5, 5.41) is 8.75. The molecule has 3 aromatic rings. The van der Waals surface area contributed by atoms with Crippen molar-refractivity contribution >= 4 is 11.5 Å². The standard InChI is InChI=1S/C22H28N6O2/c1-6-16-10-21(27(4)24-16)26(3)19-11-20(25-28(5)22(19)29)30-13-15-9-17(15)18-8-7-14(2)12-23-18/h7-8,10-12,15,17H,6,9,13H2,1-5H3/t15-,17+/m1/s1. The van der Waals surface area contributed by atoms with Gasteiger partial charge in [-0.15, -0.1) is 5.10 Å². The SMILES string of the molecule is CCc1cc(N(C)c2cc(OC[C@H]3C[C@@H]3c3ccc(C)cn3)nn(C)c2=O)n(C)n1. The Morgan fingerprint density at radius 1 is 1.20 bits per heavy atom. The predicted octanol–water partition coefficient (Wildman–Crippen LogP) is 2.73. The zero-order chi connectivity index (χ0) is 21.4. The summed E-state index contributed by atoms with van der Waals surface area (Å²) in [6, 6.07) is 7.89. The van der Waals surface area contributed by atoms with Crippen LogP contribution in [0.25, 0.3) is 0 Å². The molecule has 0 spiro atoms. The molecule has 2 atom stereocenters. The predicted molar refractivity (Wildman–Crippen MR) is 115 cm³/mol. The molecule has 1 saturated carbocycles. The van der Waals surface area contributed by atoms with Gasteiger partial charge in [-0.1, -0.05) is 13.0 Å². The van der Waals surface area contributed by atoms with Crippen LogP contribution in [-0.2, 0) is 20.5 Å². The molecule has 0 aromatic carbocycles. The molecule has 0 radical (unpaired) electrons. The number of hydrogen-bond acceptors (Lipinski definition) is 6. The van der Waals surface area contributed by atoms with Crippen LogP contribution in [0.5, 0.6) is 5.88 Å². The molecule has 0 amide bonds. The van der Waals surface area contributed by atoms with Gasteiger partial charge >= 0.3 is 0 Å². The number of pyridine rings is 1. The van der Waals surface area contributed by atoms with Gasteiger partial charge in [0.15, 0.2) is 0 Å². The lowest BCUT2D eigenvalue weighted by atomic mass is 10.2. The van der Waals surface area contributed by atoms with Crippen molar-refractivity contribution in [1.82, 2.24) is 24.5 Å². The Morgan fingerprint density at radius 2 is 2.00 bits per heavy atom. The van der Waals surface area contributed by atoms with E-state index in [1.807, 2.05) is 38.2 Å². The third-order valence-electron chi connectivity index (χ3n) is 5.68.